The van der Waals surface area contributed by atoms with Crippen molar-refractivity contribution < 1.29 is 4.74 Å². The van der Waals surface area contributed by atoms with Crippen molar-refractivity contribution in [1.82, 2.24) is 9.97 Å². The van der Waals surface area contributed by atoms with Gasteiger partial charge in [-0.2, -0.15) is 4.98 Å². The molecule has 0 fully saturated rings. The molecule has 1 aromatic carbocycles. The lowest BCUT2D eigenvalue weighted by molar-refractivity contribution is 0.394. The number of halogens is 1. The van der Waals surface area contributed by atoms with Crippen molar-refractivity contribution in [1.29, 1.82) is 0 Å². The second-order valence-corrected chi connectivity index (χ2v) is 5.14. The van der Waals surface area contributed by atoms with E-state index in [1.54, 1.807) is 7.11 Å². The van der Waals surface area contributed by atoms with E-state index >= 15 is 0 Å². The summed E-state index contributed by atoms with van der Waals surface area (Å²) in [5.74, 6) is 1.35. The summed E-state index contributed by atoms with van der Waals surface area (Å²) < 4.78 is 5.16. The summed E-state index contributed by atoms with van der Waals surface area (Å²) in [6.07, 6.45) is 0.809. The normalized spacial score (nSPS) is 12.2. The van der Waals surface area contributed by atoms with E-state index in [0.717, 1.165) is 17.9 Å². The topological polar surface area (TPSA) is 35.0 Å². The number of alkyl halides is 1. The Balaban J connectivity index is 2.16. The molecule has 4 heteroatoms. The Morgan fingerprint density at radius 2 is 1.94 bits per heavy atom. The summed E-state index contributed by atoms with van der Waals surface area (Å²) in [6, 6.07) is 12.2. The highest BCUT2D eigenvalue weighted by Gasteiger charge is 2.10. The Bertz CT molecular complexity index is 516. The van der Waals surface area contributed by atoms with E-state index in [4.69, 9.17) is 4.74 Å². The van der Waals surface area contributed by atoms with Crippen LogP contribution in [-0.2, 0) is 6.42 Å². The molecule has 0 saturated carbocycles. The van der Waals surface area contributed by atoms with Crippen molar-refractivity contribution >= 4 is 15.9 Å². The lowest BCUT2D eigenvalue weighted by Crippen LogP contribution is -2.02. The standard InChI is InChI=1S/C14H15BrN2O/c1-10-16-12(9-14(17-10)18-2)8-13(15)11-6-4-3-5-7-11/h3-7,9,13H,8H2,1-2H3. The summed E-state index contributed by atoms with van der Waals surface area (Å²) >= 11 is 3.69. The molecule has 0 N–H and O–H groups in total. The van der Waals surface area contributed by atoms with Crippen molar-refractivity contribution in [2.45, 2.75) is 18.2 Å². The molecule has 94 valence electrons. The molecule has 1 aromatic heterocycles. The van der Waals surface area contributed by atoms with E-state index in [0.29, 0.717) is 5.88 Å². The molecule has 2 rings (SSSR count). The molecule has 1 unspecified atom stereocenters. The lowest BCUT2D eigenvalue weighted by Gasteiger charge is -2.10. The predicted octanol–water partition coefficient (Wildman–Crippen LogP) is 3.47. The fraction of sp³-hybridized carbons (Fsp3) is 0.286. The molecule has 0 bridgehead atoms. The first-order valence-corrected chi connectivity index (χ1v) is 6.68. The van der Waals surface area contributed by atoms with Gasteiger partial charge in [-0.05, 0) is 12.5 Å². The summed E-state index contributed by atoms with van der Waals surface area (Å²) in [5.41, 5.74) is 2.22. The average Bonchev–Trinajstić information content (AvgIpc) is 2.39. The lowest BCUT2D eigenvalue weighted by atomic mass is 10.1. The second kappa shape index (κ2) is 5.96. The third kappa shape index (κ3) is 3.29. The van der Waals surface area contributed by atoms with Gasteiger partial charge in [-0.3, -0.25) is 0 Å². The fourth-order valence-electron chi connectivity index (χ4n) is 1.77. The quantitative estimate of drug-likeness (QED) is 0.811. The van der Waals surface area contributed by atoms with Gasteiger partial charge in [0.25, 0.3) is 0 Å². The van der Waals surface area contributed by atoms with Gasteiger partial charge in [0.2, 0.25) is 5.88 Å². The van der Waals surface area contributed by atoms with E-state index in [2.05, 4.69) is 38.0 Å². The number of methoxy groups -OCH3 is 1. The summed E-state index contributed by atoms with van der Waals surface area (Å²) in [6.45, 7) is 1.87. The number of nitrogens with zero attached hydrogens (tertiary/aromatic N) is 2. The van der Waals surface area contributed by atoms with E-state index < -0.39 is 0 Å². The third-order valence-corrected chi connectivity index (χ3v) is 3.48. The van der Waals surface area contributed by atoms with Crippen LogP contribution < -0.4 is 4.74 Å². The van der Waals surface area contributed by atoms with Crippen LogP contribution in [0.4, 0.5) is 0 Å². The molecular formula is C14H15BrN2O. The number of hydrogen-bond donors (Lipinski definition) is 0. The number of rotatable bonds is 4. The van der Waals surface area contributed by atoms with Gasteiger partial charge in [0.05, 0.1) is 7.11 Å². The van der Waals surface area contributed by atoms with Crippen LogP contribution in [0.3, 0.4) is 0 Å². The van der Waals surface area contributed by atoms with Crippen LogP contribution in [0.25, 0.3) is 0 Å². The number of benzene rings is 1. The molecule has 1 atom stereocenters. The number of aryl methyl sites for hydroxylation is 1. The van der Waals surface area contributed by atoms with Gasteiger partial charge < -0.3 is 4.74 Å². The maximum absolute atomic E-state index is 5.16. The Hall–Kier alpha value is -1.42. The maximum atomic E-state index is 5.16. The summed E-state index contributed by atoms with van der Waals surface area (Å²) in [4.78, 5) is 8.86. The first-order valence-electron chi connectivity index (χ1n) is 5.76. The van der Waals surface area contributed by atoms with Crippen LogP contribution in [0.2, 0.25) is 0 Å². The van der Waals surface area contributed by atoms with Crippen molar-refractivity contribution in [2.75, 3.05) is 7.11 Å². The predicted molar refractivity (Wildman–Crippen MR) is 75.1 cm³/mol. The highest BCUT2D eigenvalue weighted by atomic mass is 79.9. The van der Waals surface area contributed by atoms with E-state index in [1.165, 1.54) is 5.56 Å². The Labute approximate surface area is 115 Å². The monoisotopic (exact) mass is 306 g/mol. The fourth-order valence-corrected chi connectivity index (χ4v) is 2.41. The Morgan fingerprint density at radius 3 is 2.61 bits per heavy atom. The highest BCUT2D eigenvalue weighted by molar-refractivity contribution is 9.09. The van der Waals surface area contributed by atoms with Crippen molar-refractivity contribution in [3.63, 3.8) is 0 Å². The van der Waals surface area contributed by atoms with Crippen molar-refractivity contribution in [2.24, 2.45) is 0 Å². The van der Waals surface area contributed by atoms with Crippen LogP contribution in [0.5, 0.6) is 5.88 Å². The van der Waals surface area contributed by atoms with E-state index in [1.807, 2.05) is 31.2 Å². The van der Waals surface area contributed by atoms with Crippen molar-refractivity contribution in [3.05, 3.63) is 53.5 Å². The summed E-state index contributed by atoms with van der Waals surface area (Å²) in [5, 5.41) is 0. The third-order valence-electron chi connectivity index (χ3n) is 2.63. The smallest absolute Gasteiger partial charge is 0.216 e. The molecule has 0 amide bonds. The summed E-state index contributed by atoms with van der Waals surface area (Å²) in [7, 11) is 1.62. The van der Waals surface area contributed by atoms with Gasteiger partial charge in [0, 0.05) is 23.0 Å². The number of aromatic nitrogens is 2. The van der Waals surface area contributed by atoms with E-state index in [9.17, 15) is 0 Å². The van der Waals surface area contributed by atoms with Crippen LogP contribution >= 0.6 is 15.9 Å². The SMILES string of the molecule is COc1cc(CC(Br)c2ccccc2)nc(C)n1. The largest absolute Gasteiger partial charge is 0.481 e. The van der Waals surface area contributed by atoms with Crippen molar-refractivity contribution in [3.8, 4) is 5.88 Å². The van der Waals surface area contributed by atoms with Gasteiger partial charge in [0.1, 0.15) is 5.82 Å². The average molecular weight is 307 g/mol. The van der Waals surface area contributed by atoms with Gasteiger partial charge in [-0.25, -0.2) is 4.98 Å². The molecule has 1 heterocycles. The highest BCUT2D eigenvalue weighted by Crippen LogP contribution is 2.26. The Morgan fingerprint density at radius 1 is 1.22 bits per heavy atom. The minimum absolute atomic E-state index is 0.248. The second-order valence-electron chi connectivity index (χ2n) is 4.03. The van der Waals surface area contributed by atoms with Crippen LogP contribution in [0, 0.1) is 6.92 Å². The van der Waals surface area contributed by atoms with Crippen LogP contribution in [0.15, 0.2) is 36.4 Å². The van der Waals surface area contributed by atoms with Gasteiger partial charge >= 0.3 is 0 Å². The zero-order valence-corrected chi connectivity index (χ0v) is 12.0. The minimum Gasteiger partial charge on any atom is -0.481 e. The number of hydrogen-bond acceptors (Lipinski definition) is 3. The molecular weight excluding hydrogens is 292 g/mol. The molecule has 0 aliphatic rings. The first-order chi connectivity index (χ1) is 8.69. The van der Waals surface area contributed by atoms with Crippen LogP contribution in [0.1, 0.15) is 21.9 Å². The zero-order valence-electron chi connectivity index (χ0n) is 10.4. The molecule has 2 aromatic rings. The molecule has 0 spiro atoms. The molecule has 3 nitrogen and oxygen atoms in total. The molecule has 0 radical (unpaired) electrons. The molecule has 0 aliphatic heterocycles. The van der Waals surface area contributed by atoms with Gasteiger partial charge in [-0.1, -0.05) is 46.3 Å². The van der Waals surface area contributed by atoms with Gasteiger partial charge in [-0.15, -0.1) is 0 Å². The van der Waals surface area contributed by atoms with E-state index in [-0.39, 0.29) is 4.83 Å². The zero-order chi connectivity index (χ0) is 13.0. The first kappa shape index (κ1) is 13.0. The molecule has 0 aliphatic carbocycles. The van der Waals surface area contributed by atoms with Crippen LogP contribution in [-0.4, -0.2) is 17.1 Å². The maximum Gasteiger partial charge on any atom is 0.216 e. The van der Waals surface area contributed by atoms with Gasteiger partial charge in [0.15, 0.2) is 0 Å². The molecule has 0 saturated heterocycles. The number of ether oxygens (including phenoxy) is 1. The Kier molecular flexibility index (Phi) is 4.31. The molecule has 18 heavy (non-hydrogen) atoms. The minimum atomic E-state index is 0.248.